The monoisotopic (exact) mass is 242 g/mol. The minimum absolute atomic E-state index is 0.0562. The number of nitrogens with zero attached hydrogens (tertiary/aromatic N) is 3. The molecule has 0 aliphatic rings. The van der Waals surface area contributed by atoms with Crippen LogP contribution in [0, 0.1) is 11.3 Å². The third kappa shape index (κ3) is 3.01. The van der Waals surface area contributed by atoms with Gasteiger partial charge in [0.05, 0.1) is 0 Å². The number of hydrogen-bond donors (Lipinski definition) is 1. The Morgan fingerprint density at radius 2 is 2.22 bits per heavy atom. The first-order valence-electron chi connectivity index (χ1n) is 5.61. The number of nitrogens with one attached hydrogen (secondary N) is 1. The fourth-order valence-electron chi connectivity index (χ4n) is 1.60. The minimum atomic E-state index is 0.0562. The molecule has 5 nitrogen and oxygen atoms in total. The molecule has 0 atom stereocenters. The van der Waals surface area contributed by atoms with Gasteiger partial charge < -0.3 is 10.1 Å². The number of para-hydroxylation sites is 1. The molecule has 1 aromatic heterocycles. The molecule has 0 saturated carbocycles. The molecule has 2 rings (SSSR count). The zero-order valence-electron chi connectivity index (χ0n) is 10.1. The van der Waals surface area contributed by atoms with E-state index in [1.165, 1.54) is 0 Å². The summed E-state index contributed by atoms with van der Waals surface area (Å²) in [6.07, 6.45) is 1.88. The minimum Gasteiger partial charge on any atom is -0.478 e. The smallest absolute Gasteiger partial charge is 0.174 e. The van der Waals surface area contributed by atoms with E-state index in [0.29, 0.717) is 6.54 Å². The van der Waals surface area contributed by atoms with E-state index in [2.05, 4.69) is 10.4 Å². The van der Waals surface area contributed by atoms with Gasteiger partial charge in [-0.3, -0.25) is 4.68 Å². The number of ether oxygens (including phenoxy) is 1. The van der Waals surface area contributed by atoms with Crippen LogP contribution < -0.4 is 10.1 Å². The van der Waals surface area contributed by atoms with Crippen LogP contribution in [0.15, 0.2) is 36.5 Å². The van der Waals surface area contributed by atoms with E-state index >= 15 is 0 Å². The maximum atomic E-state index is 8.53. The molecule has 0 bridgehead atoms. The lowest BCUT2D eigenvalue weighted by Crippen LogP contribution is -2.04. The van der Waals surface area contributed by atoms with E-state index in [-0.39, 0.29) is 6.61 Å². The Morgan fingerprint density at radius 3 is 2.94 bits per heavy atom. The van der Waals surface area contributed by atoms with E-state index in [9.17, 15) is 0 Å². The molecule has 5 heteroatoms. The number of nitriles is 1. The molecule has 0 aliphatic carbocycles. The van der Waals surface area contributed by atoms with E-state index in [1.54, 1.807) is 4.68 Å². The van der Waals surface area contributed by atoms with Gasteiger partial charge in [-0.15, -0.1) is 0 Å². The van der Waals surface area contributed by atoms with Crippen LogP contribution in [0.5, 0.6) is 5.75 Å². The third-order valence-corrected chi connectivity index (χ3v) is 2.44. The fourth-order valence-corrected chi connectivity index (χ4v) is 1.60. The summed E-state index contributed by atoms with van der Waals surface area (Å²) >= 11 is 0. The van der Waals surface area contributed by atoms with Crippen LogP contribution in [0.2, 0.25) is 0 Å². The van der Waals surface area contributed by atoms with E-state index < -0.39 is 0 Å². The van der Waals surface area contributed by atoms with Crippen molar-refractivity contribution in [1.82, 2.24) is 9.78 Å². The van der Waals surface area contributed by atoms with Gasteiger partial charge in [0.25, 0.3) is 0 Å². The molecule has 2 aromatic rings. The molecule has 0 unspecified atom stereocenters. The first-order chi connectivity index (χ1) is 8.79. The van der Waals surface area contributed by atoms with Crippen molar-refractivity contribution in [1.29, 1.82) is 5.26 Å². The Kier molecular flexibility index (Phi) is 3.82. The standard InChI is InChI=1S/C13H14N4O/c1-17-8-6-13(16-17)15-10-11-4-2-3-5-12(11)18-9-7-14/h2-6,8H,9-10H2,1H3,(H,15,16). The van der Waals surface area contributed by atoms with Crippen molar-refractivity contribution in [2.24, 2.45) is 7.05 Å². The Labute approximate surface area is 106 Å². The van der Waals surface area contributed by atoms with Gasteiger partial charge >= 0.3 is 0 Å². The summed E-state index contributed by atoms with van der Waals surface area (Å²) in [7, 11) is 1.87. The molecule has 0 fully saturated rings. The second-order valence-electron chi connectivity index (χ2n) is 3.78. The number of anilines is 1. The Bertz CT molecular complexity index is 556. The molecule has 1 N–H and O–H groups in total. The molecule has 92 valence electrons. The topological polar surface area (TPSA) is 62.9 Å². The van der Waals surface area contributed by atoms with E-state index in [1.807, 2.05) is 49.6 Å². The molecule has 0 radical (unpaired) electrons. The lowest BCUT2D eigenvalue weighted by atomic mass is 10.2. The summed E-state index contributed by atoms with van der Waals surface area (Å²) in [5.74, 6) is 1.54. The van der Waals surface area contributed by atoms with Gasteiger partial charge in [-0.25, -0.2) is 0 Å². The highest BCUT2D eigenvalue weighted by Crippen LogP contribution is 2.18. The number of aryl methyl sites for hydroxylation is 1. The highest BCUT2D eigenvalue weighted by molar-refractivity contribution is 5.39. The van der Waals surface area contributed by atoms with Crippen molar-refractivity contribution in [3.05, 3.63) is 42.1 Å². The lowest BCUT2D eigenvalue weighted by molar-refractivity contribution is 0.364. The second-order valence-corrected chi connectivity index (χ2v) is 3.78. The highest BCUT2D eigenvalue weighted by atomic mass is 16.5. The summed E-state index contributed by atoms with van der Waals surface area (Å²) in [5, 5.41) is 16.0. The summed E-state index contributed by atoms with van der Waals surface area (Å²) in [5.41, 5.74) is 0.999. The van der Waals surface area contributed by atoms with E-state index in [4.69, 9.17) is 10.00 Å². The Balaban J connectivity index is 2.02. The molecular formula is C13H14N4O. The summed E-state index contributed by atoms with van der Waals surface area (Å²) in [4.78, 5) is 0. The first-order valence-corrected chi connectivity index (χ1v) is 5.61. The Morgan fingerprint density at radius 1 is 1.39 bits per heavy atom. The predicted molar refractivity (Wildman–Crippen MR) is 68.1 cm³/mol. The lowest BCUT2D eigenvalue weighted by Gasteiger charge is -2.09. The third-order valence-electron chi connectivity index (χ3n) is 2.44. The van der Waals surface area contributed by atoms with Crippen molar-refractivity contribution in [2.45, 2.75) is 6.54 Å². The molecule has 0 amide bonds. The number of aromatic nitrogens is 2. The van der Waals surface area contributed by atoms with Crippen LogP contribution in [-0.4, -0.2) is 16.4 Å². The number of benzene rings is 1. The summed E-state index contributed by atoms with van der Waals surface area (Å²) < 4.78 is 7.09. The van der Waals surface area contributed by atoms with Crippen molar-refractivity contribution in [3.8, 4) is 11.8 Å². The van der Waals surface area contributed by atoms with Crippen LogP contribution in [0.25, 0.3) is 0 Å². The average molecular weight is 242 g/mol. The van der Waals surface area contributed by atoms with Gasteiger partial charge in [-0.2, -0.15) is 10.4 Å². The average Bonchev–Trinajstić information content (AvgIpc) is 2.81. The highest BCUT2D eigenvalue weighted by Gasteiger charge is 2.03. The van der Waals surface area contributed by atoms with Gasteiger partial charge in [0.2, 0.25) is 0 Å². The molecular weight excluding hydrogens is 228 g/mol. The molecule has 0 spiro atoms. The zero-order valence-corrected chi connectivity index (χ0v) is 10.1. The first kappa shape index (κ1) is 12.0. The predicted octanol–water partition coefficient (Wildman–Crippen LogP) is 1.93. The van der Waals surface area contributed by atoms with Crippen LogP contribution in [0.1, 0.15) is 5.56 Å². The summed E-state index contributed by atoms with van der Waals surface area (Å²) in [6, 6.07) is 11.5. The van der Waals surface area contributed by atoms with Gasteiger partial charge in [0.1, 0.15) is 17.6 Å². The Hall–Kier alpha value is -2.48. The normalized spacial score (nSPS) is 9.78. The van der Waals surface area contributed by atoms with Crippen molar-refractivity contribution in [2.75, 3.05) is 11.9 Å². The summed E-state index contributed by atoms with van der Waals surface area (Å²) in [6.45, 7) is 0.666. The maximum absolute atomic E-state index is 8.53. The second kappa shape index (κ2) is 5.73. The SMILES string of the molecule is Cn1ccc(NCc2ccccc2OCC#N)n1. The molecule has 0 saturated heterocycles. The van der Waals surface area contributed by atoms with Gasteiger partial charge in [0.15, 0.2) is 6.61 Å². The largest absolute Gasteiger partial charge is 0.478 e. The quantitative estimate of drug-likeness (QED) is 0.870. The van der Waals surface area contributed by atoms with Crippen molar-refractivity contribution in [3.63, 3.8) is 0 Å². The molecule has 1 heterocycles. The fraction of sp³-hybridized carbons (Fsp3) is 0.231. The van der Waals surface area contributed by atoms with Gasteiger partial charge in [-0.05, 0) is 6.07 Å². The van der Waals surface area contributed by atoms with Crippen LogP contribution >= 0.6 is 0 Å². The number of rotatable bonds is 5. The molecule has 18 heavy (non-hydrogen) atoms. The molecule has 0 aliphatic heterocycles. The van der Waals surface area contributed by atoms with Crippen LogP contribution in [-0.2, 0) is 13.6 Å². The maximum Gasteiger partial charge on any atom is 0.174 e. The van der Waals surface area contributed by atoms with E-state index in [0.717, 1.165) is 17.1 Å². The molecule has 1 aromatic carbocycles. The number of hydrogen-bond acceptors (Lipinski definition) is 4. The van der Waals surface area contributed by atoms with Crippen LogP contribution in [0.3, 0.4) is 0 Å². The van der Waals surface area contributed by atoms with Gasteiger partial charge in [-0.1, -0.05) is 18.2 Å². The zero-order chi connectivity index (χ0) is 12.8. The van der Waals surface area contributed by atoms with Gasteiger partial charge in [0, 0.05) is 31.4 Å². The van der Waals surface area contributed by atoms with Crippen molar-refractivity contribution >= 4 is 5.82 Å². The van der Waals surface area contributed by atoms with Crippen molar-refractivity contribution < 1.29 is 4.74 Å². The van der Waals surface area contributed by atoms with Crippen LogP contribution in [0.4, 0.5) is 5.82 Å².